The third-order valence-corrected chi connectivity index (χ3v) is 4.67. The van der Waals surface area contributed by atoms with E-state index in [1.54, 1.807) is 7.05 Å². The SMILES string of the molecule is CCC(=O)N1CCC(NC(=NC)NCCN(C(=O)OC(C)(C)C)C2CC2)C1. The molecule has 2 rings (SSSR count). The Kier molecular flexibility index (Phi) is 7.33. The smallest absolute Gasteiger partial charge is 0.410 e. The minimum absolute atomic E-state index is 0.194. The summed E-state index contributed by atoms with van der Waals surface area (Å²) in [6.45, 7) is 10.2. The number of nitrogens with one attached hydrogen (secondary N) is 2. The Hall–Kier alpha value is -1.99. The second-order valence-electron chi connectivity index (χ2n) is 8.23. The van der Waals surface area contributed by atoms with Crippen molar-refractivity contribution in [1.82, 2.24) is 20.4 Å². The molecule has 1 aliphatic carbocycles. The van der Waals surface area contributed by atoms with Gasteiger partial charge in [0.2, 0.25) is 5.91 Å². The molecular weight excluding hydrogens is 346 g/mol. The molecular formula is C19H35N5O3. The standard InChI is InChI=1S/C19H35N5O3/c1-6-16(25)23-11-9-14(13-23)22-17(20-5)21-10-12-24(15-7-8-15)18(26)27-19(2,3)4/h14-15H,6-13H2,1-5H3,(H2,20,21,22). The number of aliphatic imine (C=N–C) groups is 1. The summed E-state index contributed by atoms with van der Waals surface area (Å²) in [7, 11) is 1.73. The first kappa shape index (κ1) is 21.3. The molecule has 0 radical (unpaired) electrons. The van der Waals surface area contributed by atoms with E-state index < -0.39 is 5.60 Å². The molecule has 1 saturated heterocycles. The third kappa shape index (κ3) is 6.92. The van der Waals surface area contributed by atoms with Crippen LogP contribution in [-0.4, -0.2) is 78.7 Å². The number of likely N-dealkylation sites (tertiary alicyclic amines) is 1. The van der Waals surface area contributed by atoms with Gasteiger partial charge in [-0.2, -0.15) is 0 Å². The van der Waals surface area contributed by atoms with Crippen LogP contribution in [0.25, 0.3) is 0 Å². The molecule has 0 aromatic heterocycles. The summed E-state index contributed by atoms with van der Waals surface area (Å²) in [4.78, 5) is 32.1. The minimum Gasteiger partial charge on any atom is -0.444 e. The number of hydrogen-bond acceptors (Lipinski definition) is 4. The summed E-state index contributed by atoms with van der Waals surface area (Å²) in [5.41, 5.74) is -0.487. The van der Waals surface area contributed by atoms with Crippen LogP contribution >= 0.6 is 0 Å². The van der Waals surface area contributed by atoms with E-state index in [4.69, 9.17) is 4.74 Å². The summed E-state index contributed by atoms with van der Waals surface area (Å²) in [5.74, 6) is 0.894. The first-order valence-corrected chi connectivity index (χ1v) is 9.98. The van der Waals surface area contributed by atoms with Gasteiger partial charge in [0.25, 0.3) is 0 Å². The molecule has 2 fully saturated rings. The van der Waals surface area contributed by atoms with E-state index in [1.807, 2.05) is 37.5 Å². The fourth-order valence-electron chi connectivity index (χ4n) is 3.14. The van der Waals surface area contributed by atoms with Gasteiger partial charge in [-0.05, 0) is 40.0 Å². The van der Waals surface area contributed by atoms with Gasteiger partial charge in [-0.15, -0.1) is 0 Å². The predicted octanol–water partition coefficient (Wildman–Crippen LogP) is 1.56. The lowest BCUT2D eigenvalue weighted by atomic mass is 10.2. The molecule has 8 heteroatoms. The van der Waals surface area contributed by atoms with Crippen molar-refractivity contribution in [3.63, 3.8) is 0 Å². The highest BCUT2D eigenvalue weighted by atomic mass is 16.6. The number of rotatable bonds is 6. The van der Waals surface area contributed by atoms with Crippen molar-refractivity contribution in [2.24, 2.45) is 4.99 Å². The number of hydrogen-bond donors (Lipinski definition) is 2. The number of carbonyl (C=O) groups is 2. The summed E-state index contributed by atoms with van der Waals surface area (Å²) >= 11 is 0. The predicted molar refractivity (Wildman–Crippen MR) is 106 cm³/mol. The lowest BCUT2D eigenvalue weighted by Gasteiger charge is -2.28. The Morgan fingerprint density at radius 2 is 1.96 bits per heavy atom. The molecule has 1 unspecified atom stereocenters. The molecule has 0 bridgehead atoms. The Bertz CT molecular complexity index is 554. The van der Waals surface area contributed by atoms with Gasteiger partial charge in [0.15, 0.2) is 5.96 Å². The van der Waals surface area contributed by atoms with Crippen LogP contribution in [0, 0.1) is 0 Å². The van der Waals surface area contributed by atoms with Crippen LogP contribution < -0.4 is 10.6 Å². The van der Waals surface area contributed by atoms with E-state index in [1.165, 1.54) is 0 Å². The van der Waals surface area contributed by atoms with E-state index in [9.17, 15) is 9.59 Å². The van der Waals surface area contributed by atoms with Crippen molar-refractivity contribution < 1.29 is 14.3 Å². The van der Waals surface area contributed by atoms with Crippen molar-refractivity contribution in [1.29, 1.82) is 0 Å². The average molecular weight is 382 g/mol. The second-order valence-corrected chi connectivity index (χ2v) is 8.23. The largest absolute Gasteiger partial charge is 0.444 e. The van der Waals surface area contributed by atoms with E-state index >= 15 is 0 Å². The zero-order valence-corrected chi connectivity index (χ0v) is 17.4. The highest BCUT2D eigenvalue weighted by Crippen LogP contribution is 2.28. The quantitative estimate of drug-likeness (QED) is 0.539. The van der Waals surface area contributed by atoms with Crippen LogP contribution in [0.2, 0.25) is 0 Å². The van der Waals surface area contributed by atoms with Crippen LogP contribution in [-0.2, 0) is 9.53 Å². The number of ether oxygens (including phenoxy) is 1. The average Bonchev–Trinajstić information content (AvgIpc) is 3.32. The molecule has 2 aliphatic rings. The Labute approximate surface area is 162 Å². The van der Waals surface area contributed by atoms with E-state index in [0.29, 0.717) is 38.1 Å². The third-order valence-electron chi connectivity index (χ3n) is 4.67. The van der Waals surface area contributed by atoms with Gasteiger partial charge < -0.3 is 25.2 Å². The molecule has 0 spiro atoms. The molecule has 154 valence electrons. The lowest BCUT2D eigenvalue weighted by molar-refractivity contribution is -0.129. The van der Waals surface area contributed by atoms with Crippen LogP contribution in [0.3, 0.4) is 0 Å². The number of nitrogens with zero attached hydrogens (tertiary/aromatic N) is 3. The van der Waals surface area contributed by atoms with E-state index in [2.05, 4.69) is 15.6 Å². The van der Waals surface area contributed by atoms with Crippen LogP contribution in [0.15, 0.2) is 4.99 Å². The van der Waals surface area contributed by atoms with Crippen LogP contribution in [0.5, 0.6) is 0 Å². The van der Waals surface area contributed by atoms with Crippen molar-refractivity contribution in [2.75, 3.05) is 33.2 Å². The maximum atomic E-state index is 12.4. The van der Waals surface area contributed by atoms with Crippen molar-refractivity contribution in [2.45, 2.75) is 71.1 Å². The first-order chi connectivity index (χ1) is 12.7. The van der Waals surface area contributed by atoms with Crippen LogP contribution in [0.4, 0.5) is 4.79 Å². The molecule has 2 N–H and O–H groups in total. The second kappa shape index (κ2) is 9.28. The van der Waals surface area contributed by atoms with Crippen molar-refractivity contribution in [3.05, 3.63) is 0 Å². The summed E-state index contributed by atoms with van der Waals surface area (Å²) < 4.78 is 5.51. The number of amides is 2. The van der Waals surface area contributed by atoms with Crippen molar-refractivity contribution in [3.8, 4) is 0 Å². The molecule has 27 heavy (non-hydrogen) atoms. The first-order valence-electron chi connectivity index (χ1n) is 9.98. The fraction of sp³-hybridized carbons (Fsp3) is 0.842. The van der Waals surface area contributed by atoms with E-state index in [-0.39, 0.29) is 18.0 Å². The maximum absolute atomic E-state index is 12.4. The summed E-state index contributed by atoms with van der Waals surface area (Å²) in [6.07, 6.45) is 3.28. The maximum Gasteiger partial charge on any atom is 0.410 e. The fourth-order valence-corrected chi connectivity index (χ4v) is 3.14. The molecule has 2 amide bonds. The van der Waals surface area contributed by atoms with Gasteiger partial charge in [0.05, 0.1) is 0 Å². The molecule has 0 aromatic carbocycles. The molecule has 0 aromatic rings. The van der Waals surface area contributed by atoms with Gasteiger partial charge in [0.1, 0.15) is 5.60 Å². The summed E-state index contributed by atoms with van der Waals surface area (Å²) in [6, 6.07) is 0.497. The molecule has 1 heterocycles. The normalized spacial score (nSPS) is 20.4. The van der Waals surface area contributed by atoms with E-state index in [0.717, 1.165) is 25.8 Å². The van der Waals surface area contributed by atoms with Gasteiger partial charge in [-0.1, -0.05) is 6.92 Å². The van der Waals surface area contributed by atoms with Crippen LogP contribution in [0.1, 0.15) is 53.4 Å². The Morgan fingerprint density at radius 3 is 2.52 bits per heavy atom. The topological polar surface area (TPSA) is 86.3 Å². The Morgan fingerprint density at radius 1 is 1.26 bits per heavy atom. The lowest BCUT2D eigenvalue weighted by Crippen LogP contribution is -2.48. The zero-order chi connectivity index (χ0) is 20.0. The molecule has 1 saturated carbocycles. The monoisotopic (exact) mass is 381 g/mol. The van der Waals surface area contributed by atoms with Gasteiger partial charge >= 0.3 is 6.09 Å². The van der Waals surface area contributed by atoms with Gasteiger partial charge in [-0.3, -0.25) is 9.79 Å². The highest BCUT2D eigenvalue weighted by Gasteiger charge is 2.35. The van der Waals surface area contributed by atoms with Gasteiger partial charge in [-0.25, -0.2) is 4.79 Å². The molecule has 1 atom stereocenters. The molecule has 1 aliphatic heterocycles. The zero-order valence-electron chi connectivity index (χ0n) is 17.4. The van der Waals surface area contributed by atoms with Crippen molar-refractivity contribution >= 4 is 18.0 Å². The molecule has 8 nitrogen and oxygen atoms in total. The number of guanidine groups is 1. The number of carbonyl (C=O) groups excluding carboxylic acids is 2. The Balaban J connectivity index is 1.76. The highest BCUT2D eigenvalue weighted by molar-refractivity contribution is 5.80. The summed E-state index contributed by atoms with van der Waals surface area (Å²) in [5, 5.41) is 6.64. The van der Waals surface area contributed by atoms with Gasteiger partial charge in [0, 0.05) is 51.7 Å². The minimum atomic E-state index is -0.487.